The maximum absolute atomic E-state index is 5.16. The molecule has 0 bridgehead atoms. The van der Waals surface area contributed by atoms with Crippen molar-refractivity contribution in [3.63, 3.8) is 0 Å². The molecule has 4 nitrogen and oxygen atoms in total. The summed E-state index contributed by atoms with van der Waals surface area (Å²) < 4.78 is 7.15. The Morgan fingerprint density at radius 1 is 1.27 bits per heavy atom. The van der Waals surface area contributed by atoms with Gasteiger partial charge in [-0.2, -0.15) is 0 Å². The minimum atomic E-state index is 0.742. The van der Waals surface area contributed by atoms with E-state index in [0.717, 1.165) is 22.8 Å². The normalized spacial score (nSPS) is 11.0. The van der Waals surface area contributed by atoms with Crippen LogP contribution < -0.4 is 0 Å². The lowest BCUT2D eigenvalue weighted by Gasteiger charge is -1.96. The fraction of sp³-hybridized carbons (Fsp3) is 0.0909. The fourth-order valence-corrected chi connectivity index (χ4v) is 1.75. The number of aromatic nitrogens is 3. The first-order valence-electron chi connectivity index (χ1n) is 4.71. The van der Waals surface area contributed by atoms with E-state index in [1.165, 1.54) is 0 Å². The third-order valence-electron chi connectivity index (χ3n) is 2.38. The monoisotopic (exact) mass is 199 g/mol. The van der Waals surface area contributed by atoms with Gasteiger partial charge in [0, 0.05) is 12.3 Å². The van der Waals surface area contributed by atoms with E-state index in [4.69, 9.17) is 4.52 Å². The van der Waals surface area contributed by atoms with Crippen molar-refractivity contribution in [3.8, 4) is 11.5 Å². The Morgan fingerprint density at radius 2 is 2.20 bits per heavy atom. The van der Waals surface area contributed by atoms with Crippen LogP contribution in [0.15, 0.2) is 41.2 Å². The minimum Gasteiger partial charge on any atom is -0.355 e. The van der Waals surface area contributed by atoms with Crippen molar-refractivity contribution in [1.29, 1.82) is 0 Å². The van der Waals surface area contributed by atoms with Gasteiger partial charge in [0.1, 0.15) is 11.3 Å². The molecule has 0 amide bonds. The lowest BCUT2D eigenvalue weighted by Crippen LogP contribution is -1.86. The molecule has 0 saturated heterocycles. The standard InChI is InChI=1S/C11H9N3O/c1-8-11(9-5-6-12-15-9)14-7-3-2-4-10(14)13-8/h2-7H,1H3. The molecule has 0 saturated carbocycles. The molecule has 3 aromatic heterocycles. The zero-order valence-corrected chi connectivity index (χ0v) is 8.21. The van der Waals surface area contributed by atoms with E-state index < -0.39 is 0 Å². The van der Waals surface area contributed by atoms with Crippen molar-refractivity contribution in [3.05, 3.63) is 42.4 Å². The van der Waals surface area contributed by atoms with Crippen LogP contribution in [0.25, 0.3) is 17.1 Å². The molecular weight excluding hydrogens is 190 g/mol. The van der Waals surface area contributed by atoms with Crippen LogP contribution in [-0.2, 0) is 0 Å². The van der Waals surface area contributed by atoms with Crippen LogP contribution in [0.5, 0.6) is 0 Å². The van der Waals surface area contributed by atoms with Crippen molar-refractivity contribution in [2.45, 2.75) is 6.92 Å². The second-order valence-electron chi connectivity index (χ2n) is 3.35. The van der Waals surface area contributed by atoms with E-state index in [1.807, 2.05) is 41.8 Å². The van der Waals surface area contributed by atoms with Gasteiger partial charge in [-0.1, -0.05) is 11.2 Å². The molecule has 0 aliphatic heterocycles. The number of imidazole rings is 1. The van der Waals surface area contributed by atoms with Crippen LogP contribution in [0.2, 0.25) is 0 Å². The molecule has 0 atom stereocenters. The molecule has 0 radical (unpaired) electrons. The lowest BCUT2D eigenvalue weighted by molar-refractivity contribution is 0.430. The van der Waals surface area contributed by atoms with Crippen LogP contribution in [0.4, 0.5) is 0 Å². The van der Waals surface area contributed by atoms with Crippen LogP contribution in [0.1, 0.15) is 5.69 Å². The average molecular weight is 199 g/mol. The quantitative estimate of drug-likeness (QED) is 0.604. The molecule has 0 aromatic carbocycles. The van der Waals surface area contributed by atoms with Gasteiger partial charge in [0.25, 0.3) is 0 Å². The minimum absolute atomic E-state index is 0.742. The van der Waals surface area contributed by atoms with Gasteiger partial charge in [0.05, 0.1) is 11.9 Å². The molecule has 4 heteroatoms. The first kappa shape index (κ1) is 8.23. The Labute approximate surface area is 86.2 Å². The van der Waals surface area contributed by atoms with Crippen LogP contribution in [-0.4, -0.2) is 14.5 Å². The summed E-state index contributed by atoms with van der Waals surface area (Å²) in [7, 11) is 0. The molecule has 15 heavy (non-hydrogen) atoms. The van der Waals surface area contributed by atoms with Gasteiger partial charge in [0.15, 0.2) is 5.76 Å². The van der Waals surface area contributed by atoms with Crippen LogP contribution in [0.3, 0.4) is 0 Å². The van der Waals surface area contributed by atoms with E-state index in [2.05, 4.69) is 10.1 Å². The Hall–Kier alpha value is -2.10. The highest BCUT2D eigenvalue weighted by Crippen LogP contribution is 2.23. The van der Waals surface area contributed by atoms with Gasteiger partial charge in [0.2, 0.25) is 0 Å². The molecule has 3 heterocycles. The molecule has 74 valence electrons. The Balaban J connectivity index is 2.39. The van der Waals surface area contributed by atoms with Crippen LogP contribution >= 0.6 is 0 Å². The van der Waals surface area contributed by atoms with Gasteiger partial charge in [-0.15, -0.1) is 0 Å². The molecule has 0 fully saturated rings. The summed E-state index contributed by atoms with van der Waals surface area (Å²) in [4.78, 5) is 4.44. The highest BCUT2D eigenvalue weighted by Gasteiger charge is 2.12. The fourth-order valence-electron chi connectivity index (χ4n) is 1.75. The van der Waals surface area contributed by atoms with Gasteiger partial charge in [-0.05, 0) is 19.1 Å². The zero-order valence-electron chi connectivity index (χ0n) is 8.21. The molecule has 0 unspecified atom stereocenters. The maximum atomic E-state index is 5.16. The van der Waals surface area contributed by atoms with Crippen molar-refractivity contribution in [2.24, 2.45) is 0 Å². The number of nitrogens with zero attached hydrogens (tertiary/aromatic N) is 3. The maximum Gasteiger partial charge on any atom is 0.185 e. The van der Waals surface area contributed by atoms with Gasteiger partial charge >= 0.3 is 0 Å². The average Bonchev–Trinajstić information content (AvgIpc) is 2.82. The van der Waals surface area contributed by atoms with Gasteiger partial charge in [-0.3, -0.25) is 4.40 Å². The van der Waals surface area contributed by atoms with Gasteiger partial charge in [-0.25, -0.2) is 4.98 Å². The van der Waals surface area contributed by atoms with Crippen molar-refractivity contribution in [2.75, 3.05) is 0 Å². The first-order chi connectivity index (χ1) is 7.36. The summed E-state index contributed by atoms with van der Waals surface area (Å²) in [5.41, 5.74) is 2.82. The number of rotatable bonds is 1. The van der Waals surface area contributed by atoms with Crippen molar-refractivity contribution >= 4 is 5.65 Å². The van der Waals surface area contributed by atoms with Crippen molar-refractivity contribution < 1.29 is 4.52 Å². The predicted molar refractivity (Wildman–Crippen MR) is 55.4 cm³/mol. The van der Waals surface area contributed by atoms with E-state index in [0.29, 0.717) is 0 Å². The topological polar surface area (TPSA) is 43.3 Å². The highest BCUT2D eigenvalue weighted by molar-refractivity contribution is 5.62. The summed E-state index contributed by atoms with van der Waals surface area (Å²) in [6.45, 7) is 1.96. The first-order valence-corrected chi connectivity index (χ1v) is 4.71. The van der Waals surface area contributed by atoms with Crippen LogP contribution in [0, 0.1) is 6.92 Å². The van der Waals surface area contributed by atoms with E-state index in [-0.39, 0.29) is 0 Å². The number of pyridine rings is 1. The molecule has 3 aromatic rings. The highest BCUT2D eigenvalue weighted by atomic mass is 16.5. The number of hydrogen-bond acceptors (Lipinski definition) is 3. The molecular formula is C11H9N3O. The summed E-state index contributed by atoms with van der Waals surface area (Å²) in [6, 6.07) is 7.73. The molecule has 3 rings (SSSR count). The second kappa shape index (κ2) is 2.95. The molecule has 0 aliphatic carbocycles. The summed E-state index contributed by atoms with van der Waals surface area (Å²) in [5, 5.41) is 3.71. The Morgan fingerprint density at radius 3 is 3.00 bits per heavy atom. The summed E-state index contributed by atoms with van der Waals surface area (Å²) in [6.07, 6.45) is 3.60. The molecule has 0 aliphatic rings. The lowest BCUT2D eigenvalue weighted by atomic mass is 10.3. The number of hydrogen-bond donors (Lipinski definition) is 0. The zero-order chi connectivity index (χ0) is 10.3. The van der Waals surface area contributed by atoms with Gasteiger partial charge < -0.3 is 4.52 Å². The van der Waals surface area contributed by atoms with E-state index in [1.54, 1.807) is 6.20 Å². The van der Waals surface area contributed by atoms with Crippen molar-refractivity contribution in [1.82, 2.24) is 14.5 Å². The molecule has 0 N–H and O–H groups in total. The molecule has 0 spiro atoms. The third-order valence-corrected chi connectivity index (χ3v) is 2.38. The third kappa shape index (κ3) is 1.15. The number of aryl methyl sites for hydroxylation is 1. The van der Waals surface area contributed by atoms with E-state index in [9.17, 15) is 0 Å². The van der Waals surface area contributed by atoms with E-state index >= 15 is 0 Å². The predicted octanol–water partition coefficient (Wildman–Crippen LogP) is 2.30. The summed E-state index contributed by atoms with van der Waals surface area (Å²) in [5.74, 6) is 0.742. The Bertz CT molecular complexity index is 595. The SMILES string of the molecule is Cc1nc2ccccn2c1-c1ccno1. The second-order valence-corrected chi connectivity index (χ2v) is 3.35. The Kier molecular flexibility index (Phi) is 1.62. The summed E-state index contributed by atoms with van der Waals surface area (Å²) >= 11 is 0. The smallest absolute Gasteiger partial charge is 0.185 e. The largest absolute Gasteiger partial charge is 0.355 e. The number of fused-ring (bicyclic) bond motifs is 1.